The number of pyridine rings is 1. The van der Waals surface area contributed by atoms with Gasteiger partial charge in [-0.05, 0) is 36.8 Å². The largest absolute Gasteiger partial charge is 0.348 e. The Morgan fingerprint density at radius 2 is 2.11 bits per heavy atom. The van der Waals surface area contributed by atoms with Crippen molar-refractivity contribution in [2.45, 2.75) is 39.2 Å². The highest BCUT2D eigenvalue weighted by Gasteiger charge is 2.38. The number of hydrogen-bond donors (Lipinski definition) is 1. The van der Waals surface area contributed by atoms with E-state index in [1.54, 1.807) is 12.4 Å². The zero-order chi connectivity index (χ0) is 18.8. The van der Waals surface area contributed by atoms with Crippen molar-refractivity contribution in [3.63, 3.8) is 0 Å². The van der Waals surface area contributed by atoms with E-state index in [1.165, 1.54) is 11.4 Å². The Balaban J connectivity index is 1.47. The van der Waals surface area contributed by atoms with Gasteiger partial charge in [-0.25, -0.2) is 4.98 Å². The Bertz CT molecular complexity index is 764. The summed E-state index contributed by atoms with van der Waals surface area (Å²) >= 11 is 0. The number of fused-ring (bicyclic) bond motifs is 1. The molecular weight excluding hydrogens is 338 g/mol. The Morgan fingerprint density at radius 1 is 1.30 bits per heavy atom. The maximum absolute atomic E-state index is 12.7. The molecule has 0 bridgehead atoms. The fourth-order valence-electron chi connectivity index (χ4n) is 4.64. The minimum Gasteiger partial charge on any atom is -0.348 e. The second-order valence-corrected chi connectivity index (χ2v) is 8.22. The molecule has 2 aliphatic heterocycles. The van der Waals surface area contributed by atoms with Gasteiger partial charge < -0.3 is 9.88 Å². The van der Waals surface area contributed by atoms with E-state index in [0.29, 0.717) is 23.4 Å². The van der Waals surface area contributed by atoms with Gasteiger partial charge >= 0.3 is 0 Å². The van der Waals surface area contributed by atoms with Gasteiger partial charge in [-0.1, -0.05) is 13.8 Å². The lowest BCUT2D eigenvalue weighted by molar-refractivity contribution is 0.0520. The summed E-state index contributed by atoms with van der Waals surface area (Å²) in [4.78, 5) is 29.4. The number of rotatable bonds is 4. The van der Waals surface area contributed by atoms with Gasteiger partial charge in [0.05, 0.1) is 23.6 Å². The molecule has 0 aliphatic carbocycles. The minimum atomic E-state index is 0.102. The van der Waals surface area contributed by atoms with E-state index in [0.717, 1.165) is 45.4 Å². The van der Waals surface area contributed by atoms with Gasteiger partial charge in [0.2, 0.25) is 0 Å². The molecule has 4 rings (SSSR count). The number of piperidine rings is 1. The quantitative estimate of drug-likeness (QED) is 0.902. The number of likely N-dealkylation sites (tertiary alicyclic amines) is 1. The summed E-state index contributed by atoms with van der Waals surface area (Å²) in [5, 5.41) is 0. The molecule has 0 aromatic carbocycles. The molecule has 0 spiro atoms. The molecule has 1 fully saturated rings. The topological polar surface area (TPSA) is 65.1 Å². The molecule has 6 nitrogen and oxygen atoms in total. The first-order valence-electron chi connectivity index (χ1n) is 10.1. The molecule has 6 heteroatoms. The van der Waals surface area contributed by atoms with E-state index < -0.39 is 0 Å². The number of aromatic nitrogens is 3. The molecule has 0 saturated carbocycles. The third-order valence-corrected chi connectivity index (χ3v) is 5.86. The summed E-state index contributed by atoms with van der Waals surface area (Å²) in [5.74, 6) is 1.29. The van der Waals surface area contributed by atoms with E-state index >= 15 is 0 Å². The molecule has 2 aromatic heterocycles. The fraction of sp³-hybridized carbons (Fsp3) is 0.571. The van der Waals surface area contributed by atoms with Crippen molar-refractivity contribution in [3.05, 3.63) is 47.8 Å². The van der Waals surface area contributed by atoms with Gasteiger partial charge in [-0.15, -0.1) is 0 Å². The van der Waals surface area contributed by atoms with Crippen molar-refractivity contribution in [2.24, 2.45) is 11.8 Å². The Labute approximate surface area is 161 Å². The summed E-state index contributed by atoms with van der Waals surface area (Å²) in [6.07, 6.45) is 8.32. The van der Waals surface area contributed by atoms with Crippen LogP contribution in [0.15, 0.2) is 30.9 Å². The smallest absolute Gasteiger partial charge is 0.255 e. The third kappa shape index (κ3) is 3.76. The van der Waals surface area contributed by atoms with Gasteiger partial charge in [0.25, 0.3) is 5.91 Å². The molecule has 144 valence electrons. The van der Waals surface area contributed by atoms with Crippen molar-refractivity contribution in [1.82, 2.24) is 24.8 Å². The maximum atomic E-state index is 12.7. The number of imidazole rings is 1. The molecule has 2 aromatic rings. The Hall–Kier alpha value is -2.21. The number of H-pyrrole nitrogens is 1. The third-order valence-electron chi connectivity index (χ3n) is 5.86. The zero-order valence-corrected chi connectivity index (χ0v) is 16.3. The lowest BCUT2D eigenvalue weighted by Gasteiger charge is -2.43. The van der Waals surface area contributed by atoms with E-state index in [2.05, 4.69) is 33.7 Å². The molecule has 1 amide bonds. The van der Waals surface area contributed by atoms with E-state index in [1.807, 2.05) is 23.4 Å². The summed E-state index contributed by atoms with van der Waals surface area (Å²) in [6.45, 7) is 8.38. The average Bonchev–Trinajstić information content (AvgIpc) is 3.16. The molecule has 2 aliphatic rings. The van der Waals surface area contributed by atoms with Crippen LogP contribution in [0.4, 0.5) is 0 Å². The van der Waals surface area contributed by atoms with Crippen LogP contribution in [0, 0.1) is 11.8 Å². The second kappa shape index (κ2) is 7.80. The van der Waals surface area contributed by atoms with E-state index in [-0.39, 0.29) is 5.91 Å². The molecule has 1 atom stereocenters. The van der Waals surface area contributed by atoms with Crippen molar-refractivity contribution >= 4 is 5.91 Å². The lowest BCUT2D eigenvalue weighted by atomic mass is 9.83. The number of carbonyl (C=O) groups is 1. The first-order valence-corrected chi connectivity index (χ1v) is 10.1. The molecule has 1 saturated heterocycles. The van der Waals surface area contributed by atoms with Gasteiger partial charge in [0.15, 0.2) is 0 Å². The minimum absolute atomic E-state index is 0.102. The van der Waals surface area contributed by atoms with Gasteiger partial charge in [-0.3, -0.25) is 14.7 Å². The SMILES string of the molecule is CC(C)CN1CCc2[nH]cnc2C1C1CCN(C(=O)c2cccnc2)CC1. The van der Waals surface area contributed by atoms with Crippen LogP contribution in [0.3, 0.4) is 0 Å². The first-order chi connectivity index (χ1) is 13.1. The number of nitrogens with one attached hydrogen (secondary N) is 1. The number of amides is 1. The molecule has 27 heavy (non-hydrogen) atoms. The summed E-state index contributed by atoms with van der Waals surface area (Å²) in [7, 11) is 0. The second-order valence-electron chi connectivity index (χ2n) is 8.22. The summed E-state index contributed by atoms with van der Waals surface area (Å²) < 4.78 is 0. The number of nitrogens with zero attached hydrogens (tertiary/aromatic N) is 4. The van der Waals surface area contributed by atoms with Crippen LogP contribution in [0.1, 0.15) is 54.5 Å². The fourth-order valence-corrected chi connectivity index (χ4v) is 4.64. The number of carbonyl (C=O) groups excluding carboxylic acids is 1. The van der Waals surface area contributed by atoms with Gasteiger partial charge in [0.1, 0.15) is 0 Å². The van der Waals surface area contributed by atoms with Crippen LogP contribution in [-0.4, -0.2) is 56.8 Å². The van der Waals surface area contributed by atoms with Crippen LogP contribution in [0.2, 0.25) is 0 Å². The van der Waals surface area contributed by atoms with Crippen LogP contribution in [-0.2, 0) is 6.42 Å². The Kier molecular flexibility index (Phi) is 5.25. The van der Waals surface area contributed by atoms with E-state index in [4.69, 9.17) is 0 Å². The normalized spacial score (nSPS) is 21.4. The highest BCUT2D eigenvalue weighted by Crippen LogP contribution is 2.39. The number of hydrogen-bond acceptors (Lipinski definition) is 4. The average molecular weight is 367 g/mol. The maximum Gasteiger partial charge on any atom is 0.255 e. The monoisotopic (exact) mass is 367 g/mol. The highest BCUT2D eigenvalue weighted by atomic mass is 16.2. The molecule has 4 heterocycles. The summed E-state index contributed by atoms with van der Waals surface area (Å²) in [6, 6.07) is 4.05. The van der Waals surface area contributed by atoms with Gasteiger partial charge in [0, 0.05) is 50.7 Å². The molecule has 1 N–H and O–H groups in total. The standard InChI is InChI=1S/C21H29N5O/c1-15(2)13-26-11-7-18-19(24-14-23-18)20(26)16-5-9-25(10-6-16)21(27)17-4-3-8-22-12-17/h3-4,8,12,14-16,20H,5-7,9-11,13H2,1-2H3,(H,23,24). The van der Waals surface area contributed by atoms with Gasteiger partial charge in [-0.2, -0.15) is 0 Å². The van der Waals surface area contributed by atoms with Crippen LogP contribution in [0.25, 0.3) is 0 Å². The molecule has 0 radical (unpaired) electrons. The van der Waals surface area contributed by atoms with E-state index in [9.17, 15) is 4.79 Å². The predicted octanol–water partition coefficient (Wildman–Crippen LogP) is 2.91. The van der Waals surface area contributed by atoms with Crippen molar-refractivity contribution in [2.75, 3.05) is 26.2 Å². The zero-order valence-electron chi connectivity index (χ0n) is 16.3. The Morgan fingerprint density at radius 3 is 2.81 bits per heavy atom. The van der Waals surface area contributed by atoms with Crippen LogP contribution in [0.5, 0.6) is 0 Å². The lowest BCUT2D eigenvalue weighted by Crippen LogP contribution is -2.46. The molecular formula is C21H29N5O. The first kappa shape index (κ1) is 18.2. The van der Waals surface area contributed by atoms with Crippen molar-refractivity contribution in [3.8, 4) is 0 Å². The number of aromatic amines is 1. The van der Waals surface area contributed by atoms with Crippen LogP contribution < -0.4 is 0 Å². The molecule has 1 unspecified atom stereocenters. The highest BCUT2D eigenvalue weighted by molar-refractivity contribution is 5.93. The van der Waals surface area contributed by atoms with Crippen molar-refractivity contribution < 1.29 is 4.79 Å². The van der Waals surface area contributed by atoms with Crippen LogP contribution >= 0.6 is 0 Å². The van der Waals surface area contributed by atoms with Crippen molar-refractivity contribution in [1.29, 1.82) is 0 Å². The summed E-state index contributed by atoms with van der Waals surface area (Å²) in [5.41, 5.74) is 3.22. The predicted molar refractivity (Wildman–Crippen MR) is 104 cm³/mol.